The normalized spacial score (nSPS) is 13.9. The number of nitrogens with one attached hydrogen (secondary N) is 1. The van der Waals surface area contributed by atoms with Gasteiger partial charge in [-0.3, -0.25) is 0 Å². The lowest BCUT2D eigenvalue weighted by Gasteiger charge is -2.33. The Labute approximate surface area is 104 Å². The van der Waals surface area contributed by atoms with Crippen LogP contribution in [0.3, 0.4) is 0 Å². The van der Waals surface area contributed by atoms with E-state index >= 15 is 0 Å². The fourth-order valence-corrected chi connectivity index (χ4v) is 1.85. The molecule has 5 nitrogen and oxygen atoms in total. The number of rotatable bonds is 7. The first-order valence-electron chi connectivity index (χ1n) is 6.23. The fraction of sp³-hybridized carbons (Fsp3) is 0.833. The molecule has 0 bridgehead atoms. The Morgan fingerprint density at radius 2 is 2.18 bits per heavy atom. The lowest BCUT2D eigenvalue weighted by molar-refractivity contribution is -0.0134. The minimum Gasteiger partial charge on any atom is -0.377 e. The zero-order valence-corrected chi connectivity index (χ0v) is 11.5. The van der Waals surface area contributed by atoms with Crippen LogP contribution in [0.2, 0.25) is 0 Å². The van der Waals surface area contributed by atoms with Gasteiger partial charge in [-0.15, -0.1) is 5.10 Å². The van der Waals surface area contributed by atoms with Gasteiger partial charge in [0.1, 0.15) is 0 Å². The molecule has 0 radical (unpaired) electrons. The van der Waals surface area contributed by atoms with Gasteiger partial charge in [-0.05, 0) is 33.7 Å². The summed E-state index contributed by atoms with van der Waals surface area (Å²) in [6.45, 7) is 10.1. The maximum atomic E-state index is 5.59. The van der Waals surface area contributed by atoms with Crippen molar-refractivity contribution in [1.29, 1.82) is 0 Å². The van der Waals surface area contributed by atoms with E-state index in [0.717, 1.165) is 25.2 Å². The summed E-state index contributed by atoms with van der Waals surface area (Å²) in [4.78, 5) is 0. The van der Waals surface area contributed by atoms with Crippen molar-refractivity contribution >= 4 is 0 Å². The van der Waals surface area contributed by atoms with E-state index in [2.05, 4.69) is 43.3 Å². The molecule has 98 valence electrons. The lowest BCUT2D eigenvalue weighted by Crippen LogP contribution is -2.42. The lowest BCUT2D eigenvalue weighted by atomic mass is 9.95. The van der Waals surface area contributed by atoms with E-state index in [1.807, 2.05) is 10.9 Å². The molecular formula is C12H24N4O. The topological polar surface area (TPSA) is 52.0 Å². The summed E-state index contributed by atoms with van der Waals surface area (Å²) in [5, 5.41) is 11.6. The van der Waals surface area contributed by atoms with E-state index < -0.39 is 0 Å². The summed E-state index contributed by atoms with van der Waals surface area (Å²) in [5.74, 6) is 0. The molecule has 0 saturated carbocycles. The third kappa shape index (κ3) is 3.26. The molecule has 17 heavy (non-hydrogen) atoms. The van der Waals surface area contributed by atoms with Crippen LogP contribution in [0.1, 0.15) is 45.9 Å². The van der Waals surface area contributed by atoms with Gasteiger partial charge in [-0.2, -0.15) is 0 Å². The average molecular weight is 240 g/mol. The number of aromatic nitrogens is 3. The smallest absolute Gasteiger partial charge is 0.0832 e. The molecule has 0 aliphatic rings. The molecule has 5 heteroatoms. The predicted molar refractivity (Wildman–Crippen MR) is 67.8 cm³/mol. The predicted octanol–water partition coefficient (Wildman–Crippen LogP) is 1.76. The molecule has 1 rings (SSSR count). The first kappa shape index (κ1) is 14.1. The van der Waals surface area contributed by atoms with E-state index in [-0.39, 0.29) is 11.6 Å². The Morgan fingerprint density at radius 1 is 1.47 bits per heavy atom. The molecule has 0 fully saturated rings. The van der Waals surface area contributed by atoms with Crippen molar-refractivity contribution < 1.29 is 4.74 Å². The van der Waals surface area contributed by atoms with Crippen molar-refractivity contribution in [1.82, 2.24) is 20.3 Å². The Balaban J connectivity index is 2.97. The zero-order valence-electron chi connectivity index (χ0n) is 11.5. The summed E-state index contributed by atoms with van der Waals surface area (Å²) < 4.78 is 7.50. The van der Waals surface area contributed by atoms with Crippen LogP contribution >= 0.6 is 0 Å². The molecule has 0 spiro atoms. The standard InChI is InChI=1S/C12H24N4O/c1-6-8-13-11(12(3,4)17-5)10-9-14-15-16(10)7-2/h9,11,13H,6-8H2,1-5H3. The number of aryl methyl sites for hydroxylation is 1. The van der Waals surface area contributed by atoms with Gasteiger partial charge in [0, 0.05) is 13.7 Å². The average Bonchev–Trinajstić information content (AvgIpc) is 2.77. The molecule has 0 aliphatic heterocycles. The Morgan fingerprint density at radius 3 is 2.71 bits per heavy atom. The van der Waals surface area contributed by atoms with Crippen LogP contribution in [-0.2, 0) is 11.3 Å². The largest absolute Gasteiger partial charge is 0.377 e. The van der Waals surface area contributed by atoms with Gasteiger partial charge in [0.05, 0.1) is 23.5 Å². The van der Waals surface area contributed by atoms with Gasteiger partial charge >= 0.3 is 0 Å². The van der Waals surface area contributed by atoms with Crippen molar-refractivity contribution in [2.24, 2.45) is 0 Å². The third-order valence-corrected chi connectivity index (χ3v) is 3.06. The van der Waals surface area contributed by atoms with Gasteiger partial charge in [0.2, 0.25) is 0 Å². The van der Waals surface area contributed by atoms with Crippen LogP contribution in [0, 0.1) is 0 Å². The van der Waals surface area contributed by atoms with Gasteiger partial charge in [0.15, 0.2) is 0 Å². The van der Waals surface area contributed by atoms with Crippen molar-refractivity contribution in [2.45, 2.75) is 52.3 Å². The van der Waals surface area contributed by atoms with Crippen LogP contribution in [0.5, 0.6) is 0 Å². The molecule has 1 aromatic heterocycles. The Kier molecular flexibility index (Phi) is 5.08. The first-order chi connectivity index (χ1) is 8.06. The highest BCUT2D eigenvalue weighted by atomic mass is 16.5. The summed E-state index contributed by atoms with van der Waals surface area (Å²) in [6, 6.07) is 0.0994. The molecule has 0 aromatic carbocycles. The molecule has 1 aromatic rings. The summed E-state index contributed by atoms with van der Waals surface area (Å²) >= 11 is 0. The van der Waals surface area contributed by atoms with E-state index in [1.54, 1.807) is 7.11 Å². The van der Waals surface area contributed by atoms with Crippen LogP contribution < -0.4 is 5.32 Å². The van der Waals surface area contributed by atoms with Gasteiger partial charge < -0.3 is 10.1 Å². The highest BCUT2D eigenvalue weighted by Crippen LogP contribution is 2.27. The quantitative estimate of drug-likeness (QED) is 0.789. The second-order valence-corrected chi connectivity index (χ2v) is 4.67. The third-order valence-electron chi connectivity index (χ3n) is 3.06. The van der Waals surface area contributed by atoms with Crippen molar-refractivity contribution in [3.63, 3.8) is 0 Å². The zero-order chi connectivity index (χ0) is 12.9. The first-order valence-corrected chi connectivity index (χ1v) is 6.23. The highest BCUT2D eigenvalue weighted by Gasteiger charge is 2.32. The number of methoxy groups -OCH3 is 1. The van der Waals surface area contributed by atoms with Crippen LogP contribution in [0.15, 0.2) is 6.20 Å². The number of hydrogen-bond donors (Lipinski definition) is 1. The van der Waals surface area contributed by atoms with E-state index in [9.17, 15) is 0 Å². The van der Waals surface area contributed by atoms with Gasteiger partial charge in [0.25, 0.3) is 0 Å². The Hall–Kier alpha value is -0.940. The second kappa shape index (κ2) is 6.12. The van der Waals surface area contributed by atoms with Crippen molar-refractivity contribution in [2.75, 3.05) is 13.7 Å². The molecule has 1 unspecified atom stereocenters. The SMILES string of the molecule is CCCNC(c1cnnn1CC)C(C)(C)OC. The molecule has 1 atom stereocenters. The van der Waals surface area contributed by atoms with Crippen molar-refractivity contribution in [3.05, 3.63) is 11.9 Å². The highest BCUT2D eigenvalue weighted by molar-refractivity contribution is 5.08. The minimum atomic E-state index is -0.288. The molecule has 1 N–H and O–H groups in total. The van der Waals surface area contributed by atoms with E-state index in [0.29, 0.717) is 0 Å². The fourth-order valence-electron chi connectivity index (χ4n) is 1.85. The summed E-state index contributed by atoms with van der Waals surface area (Å²) in [7, 11) is 1.74. The maximum absolute atomic E-state index is 5.59. The molecule has 0 amide bonds. The summed E-state index contributed by atoms with van der Waals surface area (Å²) in [6.07, 6.45) is 2.90. The molecule has 0 saturated heterocycles. The number of hydrogen-bond acceptors (Lipinski definition) is 4. The number of ether oxygens (including phenoxy) is 1. The van der Waals surface area contributed by atoms with Crippen LogP contribution in [0.25, 0.3) is 0 Å². The van der Waals surface area contributed by atoms with E-state index in [1.165, 1.54) is 0 Å². The van der Waals surface area contributed by atoms with E-state index in [4.69, 9.17) is 4.74 Å². The molecular weight excluding hydrogens is 216 g/mol. The minimum absolute atomic E-state index is 0.0994. The molecule has 0 aliphatic carbocycles. The monoisotopic (exact) mass is 240 g/mol. The Bertz CT molecular complexity index is 335. The van der Waals surface area contributed by atoms with Crippen LogP contribution in [0.4, 0.5) is 0 Å². The molecule has 1 heterocycles. The van der Waals surface area contributed by atoms with Crippen LogP contribution in [-0.4, -0.2) is 34.2 Å². The second-order valence-electron chi connectivity index (χ2n) is 4.67. The maximum Gasteiger partial charge on any atom is 0.0832 e. The number of nitrogens with zero attached hydrogens (tertiary/aromatic N) is 3. The van der Waals surface area contributed by atoms with Gasteiger partial charge in [-0.25, -0.2) is 4.68 Å². The van der Waals surface area contributed by atoms with Gasteiger partial charge in [-0.1, -0.05) is 12.1 Å². The summed E-state index contributed by atoms with van der Waals surface area (Å²) in [5.41, 5.74) is 0.789. The van der Waals surface area contributed by atoms with Crippen molar-refractivity contribution in [3.8, 4) is 0 Å².